The van der Waals surface area contributed by atoms with Crippen molar-refractivity contribution in [3.05, 3.63) is 52.8 Å². The van der Waals surface area contributed by atoms with Crippen molar-refractivity contribution in [2.75, 3.05) is 7.05 Å². The summed E-state index contributed by atoms with van der Waals surface area (Å²) in [6, 6.07) is 6.36. The molecule has 6 nitrogen and oxygen atoms in total. The number of amides is 1. The summed E-state index contributed by atoms with van der Waals surface area (Å²) in [6.45, 7) is 9.47. The molecule has 1 fully saturated rings. The quantitative estimate of drug-likeness (QED) is 0.575. The first-order chi connectivity index (χ1) is 14.4. The van der Waals surface area contributed by atoms with Crippen LogP contribution in [0.4, 0.5) is 14.6 Å². The highest BCUT2D eigenvalue weighted by molar-refractivity contribution is 5.96. The minimum absolute atomic E-state index is 0.0367. The second-order valence-electron chi connectivity index (χ2n) is 7.97. The summed E-state index contributed by atoms with van der Waals surface area (Å²) in [4.78, 5) is 26.5. The summed E-state index contributed by atoms with van der Waals surface area (Å²) in [5, 5.41) is 0.538. The molecule has 1 aliphatic carbocycles. The second-order valence-corrected chi connectivity index (χ2v) is 7.97. The maximum atomic E-state index is 13.6. The zero-order chi connectivity index (χ0) is 21.2. The molecular weight excluding hydrogens is 388 g/mol. The number of halogens is 2. The van der Waals surface area contributed by atoms with Gasteiger partial charge >= 0.3 is 0 Å². The zero-order valence-electron chi connectivity index (χ0n) is 16.6. The maximum absolute atomic E-state index is 13.6. The standard InChI is InChI=1S/C22H19F2N5O/c1-11-22(30)28(3)10-17-18(27-21(29(11)17)12-7-8-12)13-5-4-6-16-14(13)9-15(19(23)24)20(25-2)26-16/h4-6,9,11-12,19H,7-8,10H2,1,3H3. The van der Waals surface area contributed by atoms with Crippen LogP contribution in [0.5, 0.6) is 0 Å². The fourth-order valence-electron chi connectivity index (χ4n) is 4.30. The van der Waals surface area contributed by atoms with Gasteiger partial charge in [0, 0.05) is 29.5 Å². The third-order valence-electron chi connectivity index (χ3n) is 5.95. The third-order valence-corrected chi connectivity index (χ3v) is 5.95. The lowest BCUT2D eigenvalue weighted by atomic mass is 10.0. The number of rotatable bonds is 3. The molecule has 3 heterocycles. The van der Waals surface area contributed by atoms with Crippen LogP contribution in [-0.4, -0.2) is 32.4 Å². The minimum atomic E-state index is -2.79. The number of hydrogen-bond acceptors (Lipinski definition) is 3. The molecular formula is C22H19F2N5O. The number of benzene rings is 1. The Morgan fingerprint density at radius 1 is 1.27 bits per heavy atom. The van der Waals surface area contributed by atoms with Crippen molar-refractivity contribution in [3.8, 4) is 11.3 Å². The van der Waals surface area contributed by atoms with Gasteiger partial charge in [-0.2, -0.15) is 0 Å². The molecule has 5 rings (SSSR count). The van der Waals surface area contributed by atoms with Gasteiger partial charge in [-0.1, -0.05) is 18.7 Å². The molecule has 2 aliphatic rings. The van der Waals surface area contributed by atoms with Crippen LogP contribution in [-0.2, 0) is 11.3 Å². The minimum Gasteiger partial charge on any atom is -0.360 e. The van der Waals surface area contributed by atoms with E-state index in [9.17, 15) is 13.6 Å². The molecule has 30 heavy (non-hydrogen) atoms. The van der Waals surface area contributed by atoms with Gasteiger partial charge in [0.25, 0.3) is 12.2 Å². The molecule has 1 aliphatic heterocycles. The molecule has 8 heteroatoms. The fraction of sp³-hybridized carbons (Fsp3) is 0.364. The molecule has 3 aromatic rings. The van der Waals surface area contributed by atoms with Crippen molar-refractivity contribution in [2.24, 2.45) is 0 Å². The third kappa shape index (κ3) is 2.69. The van der Waals surface area contributed by atoms with E-state index in [0.717, 1.165) is 24.4 Å². The first-order valence-electron chi connectivity index (χ1n) is 9.86. The molecule has 1 aromatic carbocycles. The highest BCUT2D eigenvalue weighted by Crippen LogP contribution is 2.45. The monoisotopic (exact) mass is 407 g/mol. The number of hydrogen-bond donors (Lipinski definition) is 0. The molecule has 0 N–H and O–H groups in total. The summed E-state index contributed by atoms with van der Waals surface area (Å²) < 4.78 is 29.2. The lowest BCUT2D eigenvalue weighted by Crippen LogP contribution is -2.39. The SMILES string of the molecule is [C-]#[N+]c1nc2cccc(-c3nc(C4CC4)n4c3CN(C)C(=O)C4C)c2cc1C(F)F. The Hall–Kier alpha value is -3.34. The molecule has 0 bridgehead atoms. The van der Waals surface area contributed by atoms with Crippen molar-refractivity contribution in [3.63, 3.8) is 0 Å². The Morgan fingerprint density at radius 3 is 2.70 bits per heavy atom. The van der Waals surface area contributed by atoms with E-state index in [1.54, 1.807) is 24.1 Å². The number of alkyl halides is 2. The summed E-state index contributed by atoms with van der Waals surface area (Å²) in [7, 11) is 1.76. The van der Waals surface area contributed by atoms with Gasteiger partial charge in [-0.05, 0) is 31.9 Å². The Bertz CT molecular complexity index is 1240. The largest absolute Gasteiger partial charge is 0.360 e. The van der Waals surface area contributed by atoms with E-state index >= 15 is 0 Å². The average Bonchev–Trinajstić information content (AvgIpc) is 3.51. The van der Waals surface area contributed by atoms with E-state index in [-0.39, 0.29) is 23.3 Å². The maximum Gasteiger partial charge on any atom is 0.279 e. The number of carbonyl (C=O) groups excluding carboxylic acids is 1. The van der Waals surface area contributed by atoms with Gasteiger partial charge in [0.2, 0.25) is 5.91 Å². The number of carbonyl (C=O) groups is 1. The topological polar surface area (TPSA) is 55.4 Å². The normalized spacial score (nSPS) is 18.7. The molecule has 2 aromatic heterocycles. The van der Waals surface area contributed by atoms with Gasteiger partial charge in [0.15, 0.2) is 5.52 Å². The van der Waals surface area contributed by atoms with E-state index in [2.05, 4.69) is 9.83 Å². The van der Waals surface area contributed by atoms with Crippen LogP contribution in [0.3, 0.4) is 0 Å². The van der Waals surface area contributed by atoms with Crippen LogP contribution in [0.25, 0.3) is 27.0 Å². The lowest BCUT2D eigenvalue weighted by molar-refractivity contribution is -0.135. The predicted octanol–water partition coefficient (Wildman–Crippen LogP) is 5.00. The molecule has 1 atom stereocenters. The van der Waals surface area contributed by atoms with Crippen LogP contribution in [0.2, 0.25) is 0 Å². The molecule has 1 saturated carbocycles. The first-order valence-corrected chi connectivity index (χ1v) is 9.86. The highest BCUT2D eigenvalue weighted by Gasteiger charge is 2.38. The first kappa shape index (κ1) is 18.7. The van der Waals surface area contributed by atoms with Crippen molar-refractivity contribution in [2.45, 2.75) is 44.7 Å². The predicted molar refractivity (Wildman–Crippen MR) is 107 cm³/mol. The Kier molecular flexibility index (Phi) is 4.10. The number of fused-ring (bicyclic) bond motifs is 2. The molecule has 0 spiro atoms. The lowest BCUT2D eigenvalue weighted by Gasteiger charge is -2.31. The Balaban J connectivity index is 1.79. The zero-order valence-corrected chi connectivity index (χ0v) is 16.6. The van der Waals surface area contributed by atoms with Gasteiger partial charge in [-0.15, -0.1) is 4.98 Å². The fourth-order valence-corrected chi connectivity index (χ4v) is 4.30. The number of aromatic nitrogens is 3. The number of pyridine rings is 1. The van der Waals surface area contributed by atoms with Crippen LogP contribution in [0, 0.1) is 6.57 Å². The van der Waals surface area contributed by atoms with Gasteiger partial charge in [-0.25, -0.2) is 13.8 Å². The van der Waals surface area contributed by atoms with Crippen molar-refractivity contribution in [1.29, 1.82) is 0 Å². The van der Waals surface area contributed by atoms with Crippen LogP contribution < -0.4 is 0 Å². The van der Waals surface area contributed by atoms with E-state index in [1.165, 1.54) is 6.07 Å². The van der Waals surface area contributed by atoms with Crippen LogP contribution in [0.15, 0.2) is 24.3 Å². The summed E-state index contributed by atoms with van der Waals surface area (Å²) >= 11 is 0. The van der Waals surface area contributed by atoms with Crippen LogP contribution >= 0.6 is 0 Å². The van der Waals surface area contributed by atoms with Crippen molar-refractivity contribution < 1.29 is 13.6 Å². The smallest absolute Gasteiger partial charge is 0.279 e. The van der Waals surface area contributed by atoms with Gasteiger partial charge in [-0.3, -0.25) is 4.79 Å². The van der Waals surface area contributed by atoms with Crippen molar-refractivity contribution >= 4 is 22.6 Å². The Labute approximate surface area is 172 Å². The van der Waals surface area contributed by atoms with E-state index < -0.39 is 6.43 Å². The second kappa shape index (κ2) is 6.59. The van der Waals surface area contributed by atoms with Gasteiger partial charge in [0.05, 0.1) is 17.9 Å². The Morgan fingerprint density at radius 2 is 2.03 bits per heavy atom. The molecule has 1 amide bonds. The number of likely N-dealkylation sites (N-methyl/N-ethyl adjacent to an activating group) is 1. The van der Waals surface area contributed by atoms with Gasteiger partial charge < -0.3 is 14.3 Å². The summed E-state index contributed by atoms with van der Waals surface area (Å²) in [6.07, 6.45) is -0.720. The summed E-state index contributed by atoms with van der Waals surface area (Å²) in [5.74, 6) is 0.981. The molecule has 0 saturated heterocycles. The number of nitrogens with zero attached hydrogens (tertiary/aromatic N) is 5. The van der Waals surface area contributed by atoms with Gasteiger partial charge in [0.1, 0.15) is 11.9 Å². The van der Waals surface area contributed by atoms with Crippen molar-refractivity contribution in [1.82, 2.24) is 19.4 Å². The summed E-state index contributed by atoms with van der Waals surface area (Å²) in [5.41, 5.74) is 2.41. The van der Waals surface area contributed by atoms with E-state index in [0.29, 0.717) is 34.6 Å². The highest BCUT2D eigenvalue weighted by atomic mass is 19.3. The van der Waals surface area contributed by atoms with E-state index in [4.69, 9.17) is 11.6 Å². The van der Waals surface area contributed by atoms with Crippen LogP contribution in [0.1, 0.15) is 55.2 Å². The van der Waals surface area contributed by atoms with E-state index in [1.807, 2.05) is 17.6 Å². The number of imidazole rings is 1. The molecule has 0 radical (unpaired) electrons. The molecule has 152 valence electrons. The molecule has 1 unspecified atom stereocenters. The average molecular weight is 407 g/mol.